The number of nitrogens with one attached hydrogen (secondary N) is 2. The summed E-state index contributed by atoms with van der Waals surface area (Å²) in [5.41, 5.74) is 0.786. The maximum absolute atomic E-state index is 11.8. The van der Waals surface area contributed by atoms with E-state index in [1.807, 2.05) is 0 Å². The molecule has 0 fully saturated rings. The van der Waals surface area contributed by atoms with E-state index in [0.717, 1.165) is 0 Å². The fraction of sp³-hybridized carbons (Fsp3) is 0.357. The van der Waals surface area contributed by atoms with E-state index in [2.05, 4.69) is 10.6 Å². The van der Waals surface area contributed by atoms with E-state index in [4.69, 9.17) is 5.11 Å². The van der Waals surface area contributed by atoms with Gasteiger partial charge in [-0.1, -0.05) is 19.1 Å². The lowest BCUT2D eigenvalue weighted by Crippen LogP contribution is -2.22. The summed E-state index contributed by atoms with van der Waals surface area (Å²) in [5.74, 6) is -1.80. The second kappa shape index (κ2) is 7.28. The number of hydrogen-bond acceptors (Lipinski definition) is 3. The molecular weight excluding hydrogens is 260 g/mol. The zero-order valence-electron chi connectivity index (χ0n) is 11.5. The number of aliphatic carboxylic acids is 1. The summed E-state index contributed by atoms with van der Waals surface area (Å²) in [6.07, 6.45) is 0.0267. The fourth-order valence-electron chi connectivity index (χ4n) is 1.81. The lowest BCUT2D eigenvalue weighted by atomic mass is 10.0. The van der Waals surface area contributed by atoms with Crippen molar-refractivity contribution < 1.29 is 19.5 Å². The molecule has 1 atom stereocenters. The molecular formula is C14H18N2O4. The summed E-state index contributed by atoms with van der Waals surface area (Å²) in [6.45, 7) is 1.69. The molecule has 2 amide bonds. The van der Waals surface area contributed by atoms with Crippen LogP contribution in [0.5, 0.6) is 0 Å². The molecule has 1 aromatic carbocycles. The van der Waals surface area contributed by atoms with Crippen molar-refractivity contribution in [3.63, 3.8) is 0 Å². The first-order chi connectivity index (χ1) is 9.43. The van der Waals surface area contributed by atoms with Crippen LogP contribution in [0.25, 0.3) is 0 Å². The van der Waals surface area contributed by atoms with E-state index in [9.17, 15) is 14.4 Å². The first-order valence-corrected chi connectivity index (χ1v) is 6.26. The van der Waals surface area contributed by atoms with Crippen LogP contribution in [0.4, 0.5) is 5.69 Å². The van der Waals surface area contributed by atoms with Gasteiger partial charge in [0.05, 0.1) is 11.3 Å². The number of carboxylic acid groups (broad SMARTS) is 1. The Morgan fingerprint density at radius 3 is 2.45 bits per heavy atom. The third-order valence-corrected chi connectivity index (χ3v) is 2.73. The number of amides is 2. The van der Waals surface area contributed by atoms with E-state index >= 15 is 0 Å². The molecule has 0 aliphatic rings. The van der Waals surface area contributed by atoms with Crippen molar-refractivity contribution in [2.45, 2.75) is 19.8 Å². The Hall–Kier alpha value is -2.37. The Morgan fingerprint density at radius 2 is 1.85 bits per heavy atom. The summed E-state index contributed by atoms with van der Waals surface area (Å²) < 4.78 is 0. The monoisotopic (exact) mass is 278 g/mol. The lowest BCUT2D eigenvalue weighted by molar-refractivity contribution is -0.138. The summed E-state index contributed by atoms with van der Waals surface area (Å²) in [4.78, 5) is 34.0. The average Bonchev–Trinajstić information content (AvgIpc) is 2.37. The molecule has 0 aromatic heterocycles. The number of hydrogen-bond donors (Lipinski definition) is 3. The molecule has 1 rings (SSSR count). The zero-order valence-corrected chi connectivity index (χ0v) is 11.5. The smallest absolute Gasteiger partial charge is 0.303 e. The molecule has 0 heterocycles. The highest BCUT2D eigenvalue weighted by molar-refractivity contribution is 6.03. The topological polar surface area (TPSA) is 95.5 Å². The van der Waals surface area contributed by atoms with Gasteiger partial charge in [-0.15, -0.1) is 0 Å². The van der Waals surface area contributed by atoms with E-state index in [1.165, 1.54) is 7.05 Å². The molecule has 0 bridgehead atoms. The normalized spacial score (nSPS) is 11.5. The van der Waals surface area contributed by atoms with E-state index in [1.54, 1.807) is 31.2 Å². The first kappa shape index (κ1) is 15.7. The molecule has 0 saturated carbocycles. The Labute approximate surface area is 117 Å². The standard InChI is InChI=1S/C14H18N2O4/c1-9(8-13(18)19)7-12(17)16-11-6-4-3-5-10(11)14(20)15-2/h3-6,9H,7-8H2,1-2H3,(H,15,20)(H,16,17)(H,18,19). The van der Waals surface area contributed by atoms with Gasteiger partial charge in [0.25, 0.3) is 5.91 Å². The Balaban J connectivity index is 2.71. The van der Waals surface area contributed by atoms with Crippen LogP contribution in [-0.2, 0) is 9.59 Å². The van der Waals surface area contributed by atoms with Crippen molar-refractivity contribution in [2.75, 3.05) is 12.4 Å². The van der Waals surface area contributed by atoms with Crippen molar-refractivity contribution in [3.05, 3.63) is 29.8 Å². The quantitative estimate of drug-likeness (QED) is 0.734. The highest BCUT2D eigenvalue weighted by atomic mass is 16.4. The van der Waals surface area contributed by atoms with Gasteiger partial charge in [0, 0.05) is 19.9 Å². The molecule has 1 aromatic rings. The second-order valence-electron chi connectivity index (χ2n) is 4.58. The third kappa shape index (κ3) is 4.72. The lowest BCUT2D eigenvalue weighted by Gasteiger charge is -2.12. The minimum absolute atomic E-state index is 0.0650. The van der Waals surface area contributed by atoms with Crippen LogP contribution in [-0.4, -0.2) is 29.9 Å². The predicted molar refractivity (Wildman–Crippen MR) is 74.5 cm³/mol. The van der Waals surface area contributed by atoms with Crippen molar-refractivity contribution >= 4 is 23.5 Å². The van der Waals surface area contributed by atoms with Gasteiger partial charge >= 0.3 is 5.97 Å². The summed E-state index contributed by atoms with van der Waals surface area (Å²) in [5, 5.41) is 13.8. The average molecular weight is 278 g/mol. The van der Waals surface area contributed by atoms with E-state index in [-0.39, 0.29) is 30.6 Å². The molecule has 1 unspecified atom stereocenters. The highest BCUT2D eigenvalue weighted by Gasteiger charge is 2.15. The van der Waals surface area contributed by atoms with E-state index in [0.29, 0.717) is 11.3 Å². The van der Waals surface area contributed by atoms with Crippen molar-refractivity contribution in [1.82, 2.24) is 5.32 Å². The van der Waals surface area contributed by atoms with Gasteiger partial charge in [-0.3, -0.25) is 14.4 Å². The number of anilines is 1. The number of benzene rings is 1. The summed E-state index contributed by atoms with van der Waals surface area (Å²) in [7, 11) is 1.51. The predicted octanol–water partition coefficient (Wildman–Crippen LogP) is 1.49. The molecule has 0 saturated heterocycles. The van der Waals surface area contributed by atoms with Crippen LogP contribution in [0.15, 0.2) is 24.3 Å². The molecule has 108 valence electrons. The van der Waals surface area contributed by atoms with Crippen LogP contribution in [0.2, 0.25) is 0 Å². The van der Waals surface area contributed by atoms with Crippen LogP contribution in [0.3, 0.4) is 0 Å². The zero-order chi connectivity index (χ0) is 15.1. The maximum Gasteiger partial charge on any atom is 0.303 e. The van der Waals surface area contributed by atoms with E-state index < -0.39 is 5.97 Å². The van der Waals surface area contributed by atoms with Gasteiger partial charge < -0.3 is 15.7 Å². The minimum atomic E-state index is -0.934. The van der Waals surface area contributed by atoms with Gasteiger partial charge in [0.1, 0.15) is 0 Å². The number of para-hydroxylation sites is 1. The number of carbonyl (C=O) groups excluding carboxylic acids is 2. The van der Waals surface area contributed by atoms with Crippen LogP contribution in [0.1, 0.15) is 30.1 Å². The van der Waals surface area contributed by atoms with Crippen molar-refractivity contribution in [2.24, 2.45) is 5.92 Å². The summed E-state index contributed by atoms with van der Waals surface area (Å²) >= 11 is 0. The molecule has 6 nitrogen and oxygen atoms in total. The molecule has 0 aliphatic carbocycles. The molecule has 3 N–H and O–H groups in total. The largest absolute Gasteiger partial charge is 0.481 e. The minimum Gasteiger partial charge on any atom is -0.481 e. The van der Waals surface area contributed by atoms with Crippen molar-refractivity contribution in [1.29, 1.82) is 0 Å². The molecule has 0 radical (unpaired) electrons. The SMILES string of the molecule is CNC(=O)c1ccccc1NC(=O)CC(C)CC(=O)O. The van der Waals surface area contributed by atoms with Crippen LogP contribution in [0, 0.1) is 5.92 Å². The summed E-state index contributed by atoms with van der Waals surface area (Å²) in [6, 6.07) is 6.65. The molecule has 0 spiro atoms. The Kier molecular flexibility index (Phi) is 5.71. The maximum atomic E-state index is 11.8. The Morgan fingerprint density at radius 1 is 1.20 bits per heavy atom. The number of carboxylic acids is 1. The van der Waals surface area contributed by atoms with Crippen molar-refractivity contribution in [3.8, 4) is 0 Å². The Bertz CT molecular complexity index is 514. The first-order valence-electron chi connectivity index (χ1n) is 6.26. The van der Waals surface area contributed by atoms with Crippen LogP contribution < -0.4 is 10.6 Å². The van der Waals surface area contributed by atoms with Crippen LogP contribution >= 0.6 is 0 Å². The number of rotatable bonds is 6. The van der Waals surface area contributed by atoms with Gasteiger partial charge in [-0.25, -0.2) is 0 Å². The van der Waals surface area contributed by atoms with Gasteiger partial charge in [0.15, 0.2) is 0 Å². The molecule has 20 heavy (non-hydrogen) atoms. The number of carbonyl (C=O) groups is 3. The second-order valence-corrected chi connectivity index (χ2v) is 4.58. The third-order valence-electron chi connectivity index (χ3n) is 2.73. The van der Waals surface area contributed by atoms with Gasteiger partial charge in [0.2, 0.25) is 5.91 Å². The molecule has 0 aliphatic heterocycles. The highest BCUT2D eigenvalue weighted by Crippen LogP contribution is 2.16. The molecule has 6 heteroatoms. The fourth-order valence-corrected chi connectivity index (χ4v) is 1.81. The van der Waals surface area contributed by atoms with Gasteiger partial charge in [-0.2, -0.15) is 0 Å². The van der Waals surface area contributed by atoms with Gasteiger partial charge in [-0.05, 0) is 18.1 Å².